The van der Waals surface area contributed by atoms with Crippen molar-refractivity contribution < 1.29 is 24.0 Å². The highest BCUT2D eigenvalue weighted by Gasteiger charge is 2.27. The number of esters is 1. The van der Waals surface area contributed by atoms with Gasteiger partial charge in [-0.05, 0) is 36.2 Å². The zero-order valence-corrected chi connectivity index (χ0v) is 18.6. The van der Waals surface area contributed by atoms with Gasteiger partial charge in [-0.2, -0.15) is 0 Å². The molecule has 3 rings (SSSR count). The van der Waals surface area contributed by atoms with Crippen LogP contribution in [0.2, 0.25) is 0 Å². The molecule has 8 heteroatoms. The molecule has 3 aromatic carbocycles. The van der Waals surface area contributed by atoms with E-state index in [2.05, 4.69) is 5.32 Å². The molecule has 0 bridgehead atoms. The maximum Gasteiger partial charge on any atom is 0.307 e. The van der Waals surface area contributed by atoms with Crippen LogP contribution < -0.4 is 5.32 Å². The molecule has 0 saturated heterocycles. The van der Waals surface area contributed by atoms with Crippen LogP contribution in [0.5, 0.6) is 0 Å². The lowest BCUT2D eigenvalue weighted by Crippen LogP contribution is -2.21. The lowest BCUT2D eigenvalue weighted by atomic mass is 9.99. The number of benzene rings is 3. The van der Waals surface area contributed by atoms with E-state index in [4.69, 9.17) is 4.74 Å². The van der Waals surface area contributed by atoms with Crippen LogP contribution in [0, 0.1) is 10.1 Å². The van der Waals surface area contributed by atoms with E-state index in [1.807, 2.05) is 19.1 Å². The first-order chi connectivity index (χ1) is 16.4. The molecule has 0 unspecified atom stereocenters. The number of amides is 1. The molecule has 174 valence electrons. The first kappa shape index (κ1) is 24.3. The quantitative estimate of drug-likeness (QED) is 0.196. The van der Waals surface area contributed by atoms with Crippen molar-refractivity contribution in [2.75, 3.05) is 5.32 Å². The fraction of sp³-hybridized carbons (Fsp3) is 0.192. The molecular weight excluding hydrogens is 436 g/mol. The molecule has 0 aliphatic carbocycles. The SMILES string of the molecule is CCc1ccc(NC(=O)CCC(=O)O[C@@H](C(=O)c2ccccc2)c2ccc([N+](=O)[O-])cc2)cc1. The van der Waals surface area contributed by atoms with Gasteiger partial charge in [-0.1, -0.05) is 49.4 Å². The van der Waals surface area contributed by atoms with E-state index >= 15 is 0 Å². The Kier molecular flexibility index (Phi) is 8.23. The number of aryl methyl sites for hydroxylation is 1. The number of hydrogen-bond donors (Lipinski definition) is 1. The summed E-state index contributed by atoms with van der Waals surface area (Å²) in [7, 11) is 0. The highest BCUT2D eigenvalue weighted by molar-refractivity contribution is 6.01. The molecule has 0 aliphatic heterocycles. The number of rotatable bonds is 10. The van der Waals surface area contributed by atoms with Crippen molar-refractivity contribution in [3.8, 4) is 0 Å². The Morgan fingerprint density at radius 3 is 2.15 bits per heavy atom. The number of carbonyl (C=O) groups is 3. The molecule has 1 atom stereocenters. The van der Waals surface area contributed by atoms with Crippen molar-refractivity contribution in [1.29, 1.82) is 0 Å². The van der Waals surface area contributed by atoms with Gasteiger partial charge in [-0.15, -0.1) is 0 Å². The summed E-state index contributed by atoms with van der Waals surface area (Å²) in [6.45, 7) is 2.03. The molecule has 34 heavy (non-hydrogen) atoms. The van der Waals surface area contributed by atoms with Crippen LogP contribution in [0.15, 0.2) is 78.9 Å². The van der Waals surface area contributed by atoms with Crippen LogP contribution in [-0.4, -0.2) is 22.6 Å². The van der Waals surface area contributed by atoms with Gasteiger partial charge in [-0.3, -0.25) is 24.5 Å². The lowest BCUT2D eigenvalue weighted by Gasteiger charge is -2.17. The van der Waals surface area contributed by atoms with Crippen LogP contribution >= 0.6 is 0 Å². The molecule has 1 amide bonds. The van der Waals surface area contributed by atoms with Gasteiger partial charge in [0.15, 0.2) is 6.10 Å². The minimum Gasteiger partial charge on any atom is -0.449 e. The van der Waals surface area contributed by atoms with Crippen molar-refractivity contribution in [1.82, 2.24) is 0 Å². The second kappa shape index (κ2) is 11.5. The predicted octanol–water partition coefficient (Wildman–Crippen LogP) is 5.04. The first-order valence-corrected chi connectivity index (χ1v) is 10.8. The zero-order valence-electron chi connectivity index (χ0n) is 18.6. The van der Waals surface area contributed by atoms with Gasteiger partial charge in [0.05, 0.1) is 11.3 Å². The number of nitro groups is 1. The fourth-order valence-electron chi connectivity index (χ4n) is 3.25. The Bertz CT molecular complexity index is 1160. The standard InChI is InChI=1S/C26H24N2O6/c1-2-18-8-12-21(13-9-18)27-23(29)16-17-24(30)34-26(25(31)19-6-4-3-5-7-19)20-10-14-22(15-11-20)28(32)33/h3-15,26H,2,16-17H2,1H3,(H,27,29)/t26-/m1/s1. The van der Waals surface area contributed by atoms with Crippen molar-refractivity contribution in [3.63, 3.8) is 0 Å². The van der Waals surface area contributed by atoms with Crippen LogP contribution in [0.4, 0.5) is 11.4 Å². The smallest absolute Gasteiger partial charge is 0.307 e. The number of nitro benzene ring substituents is 1. The summed E-state index contributed by atoms with van der Waals surface area (Å²) in [6, 6.07) is 20.9. The third kappa shape index (κ3) is 6.59. The first-order valence-electron chi connectivity index (χ1n) is 10.8. The molecule has 3 aromatic rings. The highest BCUT2D eigenvalue weighted by Crippen LogP contribution is 2.25. The number of nitrogens with one attached hydrogen (secondary N) is 1. The summed E-state index contributed by atoms with van der Waals surface area (Å²) < 4.78 is 5.45. The third-order valence-electron chi connectivity index (χ3n) is 5.15. The molecule has 0 aliphatic rings. The Hall–Kier alpha value is -4.33. The van der Waals surface area contributed by atoms with Crippen LogP contribution in [0.3, 0.4) is 0 Å². The minimum absolute atomic E-state index is 0.124. The Balaban J connectivity index is 1.67. The Morgan fingerprint density at radius 2 is 1.56 bits per heavy atom. The fourth-order valence-corrected chi connectivity index (χ4v) is 3.25. The number of carbonyl (C=O) groups excluding carboxylic acids is 3. The molecule has 0 heterocycles. The van der Waals surface area contributed by atoms with Crippen molar-refractivity contribution in [2.45, 2.75) is 32.3 Å². The van der Waals surface area contributed by atoms with E-state index in [1.165, 1.54) is 24.3 Å². The summed E-state index contributed by atoms with van der Waals surface area (Å²) in [5, 5.41) is 13.7. The van der Waals surface area contributed by atoms with Gasteiger partial charge in [0.1, 0.15) is 0 Å². The topological polar surface area (TPSA) is 116 Å². The summed E-state index contributed by atoms with van der Waals surface area (Å²) in [4.78, 5) is 48.2. The third-order valence-corrected chi connectivity index (χ3v) is 5.15. The van der Waals surface area contributed by atoms with Gasteiger partial charge >= 0.3 is 5.97 Å². The van der Waals surface area contributed by atoms with E-state index in [1.54, 1.807) is 42.5 Å². The summed E-state index contributed by atoms with van der Waals surface area (Å²) in [5.74, 6) is -1.56. The molecule has 0 radical (unpaired) electrons. The number of non-ortho nitro benzene ring substituents is 1. The number of nitrogens with zero attached hydrogens (tertiary/aromatic N) is 1. The number of Topliss-reactive ketones (excluding diaryl/α,β-unsaturated/α-hetero) is 1. The van der Waals surface area contributed by atoms with Gasteiger partial charge in [0.2, 0.25) is 11.7 Å². The van der Waals surface area contributed by atoms with E-state index in [-0.39, 0.29) is 24.4 Å². The lowest BCUT2D eigenvalue weighted by molar-refractivity contribution is -0.384. The maximum absolute atomic E-state index is 13.0. The van der Waals surface area contributed by atoms with Crippen molar-refractivity contribution in [3.05, 3.63) is 106 Å². The van der Waals surface area contributed by atoms with E-state index < -0.39 is 22.8 Å². The Labute approximate surface area is 196 Å². The molecule has 0 spiro atoms. The van der Waals surface area contributed by atoms with E-state index in [9.17, 15) is 24.5 Å². The average Bonchev–Trinajstić information content (AvgIpc) is 2.86. The number of ether oxygens (including phenoxy) is 1. The van der Waals surface area contributed by atoms with E-state index in [0.29, 0.717) is 16.8 Å². The average molecular weight is 460 g/mol. The number of anilines is 1. The van der Waals surface area contributed by atoms with Crippen LogP contribution in [0.1, 0.15) is 47.4 Å². The van der Waals surface area contributed by atoms with Crippen LogP contribution in [-0.2, 0) is 20.7 Å². The van der Waals surface area contributed by atoms with E-state index in [0.717, 1.165) is 12.0 Å². The summed E-state index contributed by atoms with van der Waals surface area (Å²) in [5.41, 5.74) is 2.24. The van der Waals surface area contributed by atoms with Crippen molar-refractivity contribution >= 4 is 29.0 Å². The maximum atomic E-state index is 13.0. The predicted molar refractivity (Wildman–Crippen MR) is 126 cm³/mol. The Morgan fingerprint density at radius 1 is 0.912 bits per heavy atom. The molecule has 1 N–H and O–H groups in total. The minimum atomic E-state index is -1.29. The highest BCUT2D eigenvalue weighted by atomic mass is 16.6. The number of ketones is 1. The van der Waals surface area contributed by atoms with Gasteiger partial charge < -0.3 is 10.1 Å². The van der Waals surface area contributed by atoms with Gasteiger partial charge in [0, 0.05) is 35.4 Å². The summed E-state index contributed by atoms with van der Waals surface area (Å²) in [6.07, 6.45) is -0.761. The molecule has 0 aromatic heterocycles. The molecule has 0 saturated carbocycles. The monoisotopic (exact) mass is 460 g/mol. The summed E-state index contributed by atoms with van der Waals surface area (Å²) >= 11 is 0. The van der Waals surface area contributed by atoms with Crippen LogP contribution in [0.25, 0.3) is 0 Å². The second-order valence-electron chi connectivity index (χ2n) is 7.55. The normalized spacial score (nSPS) is 11.3. The van der Waals surface area contributed by atoms with Crippen molar-refractivity contribution in [2.24, 2.45) is 0 Å². The zero-order chi connectivity index (χ0) is 24.5. The molecule has 8 nitrogen and oxygen atoms in total. The second-order valence-corrected chi connectivity index (χ2v) is 7.55. The molecular formula is C26H24N2O6. The number of hydrogen-bond acceptors (Lipinski definition) is 6. The molecule has 0 fully saturated rings. The largest absolute Gasteiger partial charge is 0.449 e. The van der Waals surface area contributed by atoms with Gasteiger partial charge in [0.25, 0.3) is 5.69 Å². The van der Waals surface area contributed by atoms with Gasteiger partial charge in [-0.25, -0.2) is 0 Å².